The van der Waals surface area contributed by atoms with Crippen LogP contribution in [0.25, 0.3) is 0 Å². The molecule has 6 nitrogen and oxygen atoms in total. The maximum Gasteiger partial charge on any atom is 0.274 e. The summed E-state index contributed by atoms with van der Waals surface area (Å²) in [6, 6.07) is 8.19. The van der Waals surface area contributed by atoms with Crippen LogP contribution in [0.15, 0.2) is 41.7 Å². The first-order valence-electron chi connectivity index (χ1n) is 6.03. The average molecular weight is 305 g/mol. The van der Waals surface area contributed by atoms with Gasteiger partial charge in [-0.3, -0.25) is 9.78 Å². The van der Waals surface area contributed by atoms with Crippen LogP contribution >= 0.6 is 11.6 Å². The van der Waals surface area contributed by atoms with Gasteiger partial charge in [0.15, 0.2) is 5.84 Å². The normalized spacial score (nSPS) is 11.2. The van der Waals surface area contributed by atoms with Crippen LogP contribution in [0, 0.1) is 6.92 Å². The van der Waals surface area contributed by atoms with Crippen molar-refractivity contribution >= 4 is 29.0 Å². The molecule has 0 atom stereocenters. The van der Waals surface area contributed by atoms with Crippen molar-refractivity contribution in [2.45, 2.75) is 6.92 Å². The van der Waals surface area contributed by atoms with Crippen molar-refractivity contribution in [3.05, 3.63) is 58.4 Å². The molecule has 7 heteroatoms. The standard InChI is InChI=1S/C14H13ClN4O2/c1-8-3-2-6-17-12(8)14(20)18-11-7-9(13(16)19-21)4-5-10(11)15/h2-7,21H,1H3,(H2,16,19)(H,18,20). The molecule has 0 bridgehead atoms. The SMILES string of the molecule is Cc1cccnc1C(=O)Nc1cc(/C(N)=N/O)ccc1Cl. The average Bonchev–Trinajstić information content (AvgIpc) is 2.49. The van der Waals surface area contributed by atoms with Gasteiger partial charge in [0, 0.05) is 11.8 Å². The fraction of sp³-hybridized carbons (Fsp3) is 0.0714. The lowest BCUT2D eigenvalue weighted by Crippen LogP contribution is -2.17. The number of amides is 1. The number of nitrogens with one attached hydrogen (secondary N) is 1. The molecule has 1 aromatic carbocycles. The number of nitrogens with zero attached hydrogens (tertiary/aromatic N) is 2. The van der Waals surface area contributed by atoms with E-state index in [1.165, 1.54) is 12.3 Å². The molecule has 1 amide bonds. The van der Waals surface area contributed by atoms with Crippen molar-refractivity contribution in [2.24, 2.45) is 10.9 Å². The fourth-order valence-corrected chi connectivity index (χ4v) is 1.91. The van der Waals surface area contributed by atoms with Crippen molar-refractivity contribution in [2.75, 3.05) is 5.32 Å². The molecule has 1 heterocycles. The predicted molar refractivity (Wildman–Crippen MR) is 80.9 cm³/mol. The molecule has 0 unspecified atom stereocenters. The van der Waals surface area contributed by atoms with E-state index in [2.05, 4.69) is 15.5 Å². The number of oxime groups is 1. The van der Waals surface area contributed by atoms with E-state index < -0.39 is 0 Å². The Kier molecular flexibility index (Phi) is 4.39. The number of anilines is 1. The zero-order valence-corrected chi connectivity index (χ0v) is 11.9. The van der Waals surface area contributed by atoms with Gasteiger partial charge in [-0.05, 0) is 36.8 Å². The number of rotatable bonds is 3. The summed E-state index contributed by atoms with van der Waals surface area (Å²) in [7, 11) is 0. The van der Waals surface area contributed by atoms with Crippen LogP contribution in [0.2, 0.25) is 5.02 Å². The Balaban J connectivity index is 2.31. The summed E-state index contributed by atoms with van der Waals surface area (Å²) in [4.78, 5) is 16.2. The number of benzene rings is 1. The minimum Gasteiger partial charge on any atom is -0.409 e. The van der Waals surface area contributed by atoms with Crippen LogP contribution in [-0.2, 0) is 0 Å². The van der Waals surface area contributed by atoms with Crippen LogP contribution < -0.4 is 11.1 Å². The number of carbonyl (C=O) groups excluding carboxylic acids is 1. The smallest absolute Gasteiger partial charge is 0.274 e. The Morgan fingerprint density at radius 1 is 1.43 bits per heavy atom. The molecule has 0 spiro atoms. The summed E-state index contributed by atoms with van der Waals surface area (Å²) in [5.41, 5.74) is 7.37. The van der Waals surface area contributed by atoms with Crippen molar-refractivity contribution < 1.29 is 10.0 Å². The van der Waals surface area contributed by atoms with Gasteiger partial charge in [0.25, 0.3) is 5.91 Å². The largest absolute Gasteiger partial charge is 0.409 e. The molecular formula is C14H13ClN4O2. The lowest BCUT2D eigenvalue weighted by atomic mass is 10.1. The lowest BCUT2D eigenvalue weighted by molar-refractivity contribution is 0.102. The topological polar surface area (TPSA) is 101 Å². The number of pyridine rings is 1. The van der Waals surface area contributed by atoms with Gasteiger partial charge < -0.3 is 16.3 Å². The molecule has 1 aromatic heterocycles. The highest BCUT2D eigenvalue weighted by Crippen LogP contribution is 2.23. The van der Waals surface area contributed by atoms with E-state index in [0.29, 0.717) is 22.0 Å². The zero-order chi connectivity index (χ0) is 15.4. The minimum atomic E-state index is -0.383. The third-order valence-corrected chi connectivity index (χ3v) is 3.17. The first kappa shape index (κ1) is 14.8. The summed E-state index contributed by atoms with van der Waals surface area (Å²) in [5, 5.41) is 14.6. The van der Waals surface area contributed by atoms with Gasteiger partial charge >= 0.3 is 0 Å². The van der Waals surface area contributed by atoms with Crippen LogP contribution in [0.5, 0.6) is 0 Å². The van der Waals surface area contributed by atoms with E-state index in [1.54, 1.807) is 31.2 Å². The Morgan fingerprint density at radius 2 is 2.19 bits per heavy atom. The highest BCUT2D eigenvalue weighted by molar-refractivity contribution is 6.34. The molecule has 0 fully saturated rings. The molecule has 2 rings (SSSR count). The van der Waals surface area contributed by atoms with Gasteiger partial charge in [-0.2, -0.15) is 0 Å². The van der Waals surface area contributed by atoms with Crippen molar-refractivity contribution in [3.8, 4) is 0 Å². The summed E-state index contributed by atoms with van der Waals surface area (Å²) in [5.74, 6) is -0.456. The molecular weight excluding hydrogens is 292 g/mol. The Labute approximate surface area is 126 Å². The van der Waals surface area contributed by atoms with Crippen molar-refractivity contribution in [3.63, 3.8) is 0 Å². The van der Waals surface area contributed by atoms with Crippen molar-refractivity contribution in [1.29, 1.82) is 0 Å². The molecule has 0 radical (unpaired) electrons. The van der Waals surface area contributed by atoms with Gasteiger partial charge in [-0.15, -0.1) is 0 Å². The summed E-state index contributed by atoms with van der Waals surface area (Å²) < 4.78 is 0. The van der Waals surface area contributed by atoms with Crippen LogP contribution in [-0.4, -0.2) is 21.9 Å². The Hall–Kier alpha value is -2.60. The zero-order valence-electron chi connectivity index (χ0n) is 11.2. The second kappa shape index (κ2) is 6.23. The van der Waals surface area contributed by atoms with E-state index in [1.807, 2.05) is 0 Å². The Bertz CT molecular complexity index is 716. The molecule has 0 saturated heterocycles. The fourth-order valence-electron chi connectivity index (χ4n) is 1.74. The van der Waals surface area contributed by atoms with E-state index in [0.717, 1.165) is 5.56 Å². The number of carbonyl (C=O) groups is 1. The van der Waals surface area contributed by atoms with Gasteiger partial charge in [-0.1, -0.05) is 22.8 Å². The molecule has 21 heavy (non-hydrogen) atoms. The number of halogens is 1. The first-order chi connectivity index (χ1) is 10.0. The van der Waals surface area contributed by atoms with Crippen LogP contribution in [0.3, 0.4) is 0 Å². The summed E-state index contributed by atoms with van der Waals surface area (Å²) >= 11 is 6.04. The van der Waals surface area contributed by atoms with E-state index in [4.69, 9.17) is 22.5 Å². The van der Waals surface area contributed by atoms with E-state index in [9.17, 15) is 4.79 Å². The third kappa shape index (κ3) is 3.29. The third-order valence-electron chi connectivity index (χ3n) is 2.84. The number of hydrogen-bond acceptors (Lipinski definition) is 4. The minimum absolute atomic E-state index is 0.0730. The Morgan fingerprint density at radius 3 is 2.86 bits per heavy atom. The van der Waals surface area contributed by atoms with Crippen LogP contribution in [0.1, 0.15) is 21.6 Å². The molecule has 0 aliphatic rings. The summed E-state index contributed by atoms with van der Waals surface area (Å²) in [6.07, 6.45) is 1.54. The molecule has 0 aliphatic carbocycles. The van der Waals surface area contributed by atoms with Crippen LogP contribution in [0.4, 0.5) is 5.69 Å². The molecule has 4 N–H and O–H groups in total. The maximum atomic E-state index is 12.2. The number of amidine groups is 1. The van der Waals surface area contributed by atoms with Gasteiger partial charge in [0.2, 0.25) is 0 Å². The second-order valence-corrected chi connectivity index (χ2v) is 4.71. The van der Waals surface area contributed by atoms with Crippen molar-refractivity contribution in [1.82, 2.24) is 4.98 Å². The van der Waals surface area contributed by atoms with E-state index in [-0.39, 0.29) is 11.7 Å². The summed E-state index contributed by atoms with van der Waals surface area (Å²) in [6.45, 7) is 1.79. The molecule has 0 saturated carbocycles. The molecule has 0 aliphatic heterocycles. The highest BCUT2D eigenvalue weighted by Gasteiger charge is 2.13. The van der Waals surface area contributed by atoms with Gasteiger partial charge in [0.05, 0.1) is 10.7 Å². The monoisotopic (exact) mass is 304 g/mol. The second-order valence-electron chi connectivity index (χ2n) is 4.30. The van der Waals surface area contributed by atoms with E-state index >= 15 is 0 Å². The quantitative estimate of drug-likeness (QED) is 0.351. The number of aryl methyl sites for hydroxylation is 1. The number of hydrogen-bond donors (Lipinski definition) is 3. The first-order valence-corrected chi connectivity index (χ1v) is 6.41. The van der Waals surface area contributed by atoms with Gasteiger partial charge in [-0.25, -0.2) is 0 Å². The number of aromatic nitrogens is 1. The predicted octanol–water partition coefficient (Wildman–Crippen LogP) is 2.39. The number of nitrogens with two attached hydrogens (primary N) is 1. The lowest BCUT2D eigenvalue weighted by Gasteiger charge is -2.09. The highest BCUT2D eigenvalue weighted by atomic mass is 35.5. The molecule has 108 valence electrons. The van der Waals surface area contributed by atoms with Gasteiger partial charge in [0.1, 0.15) is 5.69 Å². The molecule has 2 aromatic rings. The maximum absolute atomic E-state index is 12.2.